The van der Waals surface area contributed by atoms with Crippen LogP contribution in [-0.4, -0.2) is 33.3 Å². The van der Waals surface area contributed by atoms with Crippen LogP contribution < -0.4 is 0 Å². The van der Waals surface area contributed by atoms with Crippen LogP contribution in [0.15, 0.2) is 47.3 Å². The molecule has 0 unspecified atom stereocenters. The fourth-order valence-corrected chi connectivity index (χ4v) is 3.00. The normalized spacial score (nSPS) is 17.3. The molecule has 1 saturated heterocycles. The van der Waals surface area contributed by atoms with E-state index >= 15 is 0 Å². The average molecular weight is 305 g/mol. The first-order valence-electron chi connectivity index (χ1n) is 7.53. The lowest BCUT2D eigenvalue weighted by Crippen LogP contribution is -2.12. The van der Waals surface area contributed by atoms with Gasteiger partial charge in [-0.3, -0.25) is 5.10 Å². The van der Waals surface area contributed by atoms with Crippen LogP contribution in [0.5, 0.6) is 0 Å². The van der Waals surface area contributed by atoms with Crippen molar-refractivity contribution in [3.05, 3.63) is 48.5 Å². The Balaban J connectivity index is 1.60. The molecule has 1 aliphatic heterocycles. The number of aromatic nitrogens is 3. The number of H-pyrrole nitrogens is 1. The van der Waals surface area contributed by atoms with E-state index in [9.17, 15) is 0 Å². The van der Waals surface area contributed by atoms with Crippen molar-refractivity contribution in [1.82, 2.24) is 20.3 Å². The number of nitriles is 1. The molecule has 4 rings (SSSR count). The summed E-state index contributed by atoms with van der Waals surface area (Å²) in [5.41, 5.74) is 5.04. The van der Waals surface area contributed by atoms with Crippen LogP contribution in [0.4, 0.5) is 0 Å². The molecule has 3 heterocycles. The summed E-state index contributed by atoms with van der Waals surface area (Å²) >= 11 is 0. The first-order valence-corrected chi connectivity index (χ1v) is 7.53. The van der Waals surface area contributed by atoms with Crippen molar-refractivity contribution in [2.24, 2.45) is 0 Å². The van der Waals surface area contributed by atoms with Crippen molar-refractivity contribution in [2.75, 3.05) is 13.1 Å². The molecule has 1 aliphatic rings. The molecule has 1 atom stereocenters. The van der Waals surface area contributed by atoms with Gasteiger partial charge in [0.25, 0.3) is 0 Å². The fraction of sp³-hybridized carbons (Fsp3) is 0.235. The maximum absolute atomic E-state index is 8.97. The summed E-state index contributed by atoms with van der Waals surface area (Å²) in [5.74, 6) is 0.345. The molecule has 3 aromatic rings. The zero-order valence-corrected chi connectivity index (χ0v) is 12.4. The second-order valence-electron chi connectivity index (χ2n) is 5.73. The van der Waals surface area contributed by atoms with Gasteiger partial charge in [0.15, 0.2) is 6.19 Å². The van der Waals surface area contributed by atoms with E-state index < -0.39 is 0 Å². The van der Waals surface area contributed by atoms with E-state index in [0.717, 1.165) is 47.6 Å². The minimum Gasteiger partial charge on any atom is -0.364 e. The third-order valence-electron chi connectivity index (χ3n) is 4.29. The average Bonchev–Trinajstić information content (AvgIpc) is 3.35. The van der Waals surface area contributed by atoms with Gasteiger partial charge in [-0.2, -0.15) is 10.4 Å². The Morgan fingerprint density at radius 3 is 2.96 bits per heavy atom. The minimum absolute atomic E-state index is 0.345. The molecule has 1 N–H and O–H groups in total. The van der Waals surface area contributed by atoms with E-state index in [0.29, 0.717) is 5.92 Å². The molecule has 0 bridgehead atoms. The fourth-order valence-electron chi connectivity index (χ4n) is 3.00. The summed E-state index contributed by atoms with van der Waals surface area (Å²) < 4.78 is 4.90. The number of aromatic amines is 1. The van der Waals surface area contributed by atoms with Crippen LogP contribution in [0.25, 0.3) is 22.4 Å². The Morgan fingerprint density at radius 2 is 2.17 bits per heavy atom. The van der Waals surface area contributed by atoms with E-state index in [1.807, 2.05) is 18.2 Å². The Bertz CT molecular complexity index is 846. The van der Waals surface area contributed by atoms with Gasteiger partial charge in [0.1, 0.15) is 6.26 Å². The number of rotatable bonds is 3. The molecular formula is C17H15N5O. The Labute approximate surface area is 133 Å². The highest BCUT2D eigenvalue weighted by atomic mass is 16.5. The summed E-state index contributed by atoms with van der Waals surface area (Å²) in [6, 6.07) is 10.2. The topological polar surface area (TPSA) is 81.7 Å². The van der Waals surface area contributed by atoms with Crippen molar-refractivity contribution in [3.8, 4) is 28.6 Å². The van der Waals surface area contributed by atoms with Gasteiger partial charge in [0.2, 0.25) is 0 Å². The molecular weight excluding hydrogens is 290 g/mol. The van der Waals surface area contributed by atoms with Crippen LogP contribution >= 0.6 is 0 Å². The van der Waals surface area contributed by atoms with Crippen molar-refractivity contribution >= 4 is 0 Å². The van der Waals surface area contributed by atoms with Gasteiger partial charge in [-0.1, -0.05) is 23.4 Å². The first-order chi connectivity index (χ1) is 11.3. The van der Waals surface area contributed by atoms with Gasteiger partial charge in [-0.15, -0.1) is 0 Å². The predicted molar refractivity (Wildman–Crippen MR) is 84.1 cm³/mol. The van der Waals surface area contributed by atoms with Gasteiger partial charge in [0.05, 0.1) is 11.9 Å². The number of benzene rings is 1. The highest BCUT2D eigenvalue weighted by Crippen LogP contribution is 2.30. The Kier molecular flexibility index (Phi) is 3.31. The molecule has 114 valence electrons. The monoisotopic (exact) mass is 305 g/mol. The highest BCUT2D eigenvalue weighted by molar-refractivity contribution is 5.70. The number of hydrogen-bond donors (Lipinski definition) is 1. The van der Waals surface area contributed by atoms with E-state index in [1.54, 1.807) is 17.4 Å². The lowest BCUT2D eigenvalue weighted by Gasteiger charge is -2.06. The van der Waals surface area contributed by atoms with Crippen molar-refractivity contribution < 1.29 is 4.52 Å². The SMILES string of the molecule is N#CN1CC[C@H](c2cc(-c3cccc(-c4cnoc4)c3)n[nH]2)C1. The van der Waals surface area contributed by atoms with Gasteiger partial charge < -0.3 is 9.42 Å². The molecule has 2 aromatic heterocycles. The maximum atomic E-state index is 8.97. The summed E-state index contributed by atoms with van der Waals surface area (Å²) in [6.07, 6.45) is 6.52. The molecule has 0 radical (unpaired) electrons. The number of likely N-dealkylation sites (tertiary alicyclic amines) is 1. The van der Waals surface area contributed by atoms with E-state index in [2.05, 4.69) is 33.7 Å². The second-order valence-corrected chi connectivity index (χ2v) is 5.73. The molecule has 0 amide bonds. The van der Waals surface area contributed by atoms with Crippen LogP contribution in [0.1, 0.15) is 18.0 Å². The maximum Gasteiger partial charge on any atom is 0.179 e. The van der Waals surface area contributed by atoms with E-state index in [4.69, 9.17) is 9.78 Å². The Hall–Kier alpha value is -3.07. The summed E-state index contributed by atoms with van der Waals surface area (Å²) in [5, 5.41) is 20.3. The van der Waals surface area contributed by atoms with Crippen molar-refractivity contribution in [3.63, 3.8) is 0 Å². The molecule has 6 heteroatoms. The Morgan fingerprint density at radius 1 is 1.26 bits per heavy atom. The van der Waals surface area contributed by atoms with E-state index in [1.165, 1.54) is 0 Å². The summed E-state index contributed by atoms with van der Waals surface area (Å²) in [6.45, 7) is 1.58. The van der Waals surface area contributed by atoms with Gasteiger partial charge >= 0.3 is 0 Å². The lowest BCUT2D eigenvalue weighted by atomic mass is 10.0. The predicted octanol–water partition coefficient (Wildman–Crippen LogP) is 3.00. The number of nitrogens with zero attached hydrogens (tertiary/aromatic N) is 4. The van der Waals surface area contributed by atoms with E-state index in [-0.39, 0.29) is 0 Å². The molecule has 0 saturated carbocycles. The molecule has 0 aliphatic carbocycles. The lowest BCUT2D eigenvalue weighted by molar-refractivity contribution is 0.420. The third kappa shape index (κ3) is 2.57. The molecule has 1 aromatic carbocycles. The van der Waals surface area contributed by atoms with Gasteiger partial charge in [-0.05, 0) is 24.1 Å². The zero-order chi connectivity index (χ0) is 15.6. The van der Waals surface area contributed by atoms with Crippen LogP contribution in [-0.2, 0) is 0 Å². The minimum atomic E-state index is 0.345. The van der Waals surface area contributed by atoms with Gasteiger partial charge in [-0.25, -0.2) is 0 Å². The second kappa shape index (κ2) is 5.61. The zero-order valence-electron chi connectivity index (χ0n) is 12.4. The van der Waals surface area contributed by atoms with Crippen molar-refractivity contribution in [1.29, 1.82) is 5.26 Å². The quantitative estimate of drug-likeness (QED) is 0.752. The molecule has 1 fully saturated rings. The summed E-state index contributed by atoms with van der Waals surface area (Å²) in [7, 11) is 0. The third-order valence-corrected chi connectivity index (χ3v) is 4.29. The number of nitrogens with one attached hydrogen (secondary N) is 1. The first kappa shape index (κ1) is 13.6. The summed E-state index contributed by atoms with van der Waals surface area (Å²) in [4.78, 5) is 1.79. The standard InChI is InChI=1S/C17H15N5O/c18-11-22-5-4-14(9-22)17-7-16(20-21-17)13-3-1-2-12(6-13)15-8-19-23-10-15/h1-3,6-8,10,14H,4-5,9H2,(H,20,21)/t14-/m0/s1. The van der Waals surface area contributed by atoms with Crippen LogP contribution in [0.2, 0.25) is 0 Å². The van der Waals surface area contributed by atoms with Gasteiger partial charge in [0, 0.05) is 35.8 Å². The van der Waals surface area contributed by atoms with Crippen LogP contribution in [0, 0.1) is 11.5 Å². The smallest absolute Gasteiger partial charge is 0.179 e. The van der Waals surface area contributed by atoms with Crippen molar-refractivity contribution in [2.45, 2.75) is 12.3 Å². The largest absolute Gasteiger partial charge is 0.364 e. The molecule has 23 heavy (non-hydrogen) atoms. The molecule has 0 spiro atoms. The van der Waals surface area contributed by atoms with Crippen LogP contribution in [0.3, 0.4) is 0 Å². The number of hydrogen-bond acceptors (Lipinski definition) is 5. The molecule has 6 nitrogen and oxygen atoms in total. The highest BCUT2D eigenvalue weighted by Gasteiger charge is 2.24.